The van der Waals surface area contributed by atoms with Crippen LogP contribution in [0.3, 0.4) is 0 Å². The number of rotatable bonds is 30. The van der Waals surface area contributed by atoms with Crippen LogP contribution in [0.1, 0.15) is 57.9 Å². The van der Waals surface area contributed by atoms with Gasteiger partial charge in [-0.2, -0.15) is 0 Å². The highest BCUT2D eigenvalue weighted by molar-refractivity contribution is 5.67. The van der Waals surface area contributed by atoms with Gasteiger partial charge >= 0.3 is 5.97 Å². The molecule has 0 fully saturated rings. The van der Waals surface area contributed by atoms with Crippen LogP contribution in [0.15, 0.2) is 24.3 Å². The number of carbonyl (C=O) groups is 1. The monoisotopic (exact) mass is 586 g/mol. The van der Waals surface area contributed by atoms with Gasteiger partial charge in [0.2, 0.25) is 0 Å². The lowest BCUT2D eigenvalue weighted by atomic mass is 9.88. The Morgan fingerprint density at radius 3 is 1.41 bits per heavy atom. The van der Waals surface area contributed by atoms with Crippen molar-refractivity contribution < 1.29 is 47.8 Å². The first kappa shape index (κ1) is 37.2. The number of carboxylic acid groups (broad SMARTS) is 1. The van der Waals surface area contributed by atoms with E-state index < -0.39 is 5.97 Å². The molecule has 238 valence electrons. The van der Waals surface area contributed by atoms with Gasteiger partial charge in [-0.15, -0.1) is 0 Å². The molecule has 10 heteroatoms. The van der Waals surface area contributed by atoms with E-state index in [-0.39, 0.29) is 13.2 Å². The van der Waals surface area contributed by atoms with Gasteiger partial charge in [0.15, 0.2) is 0 Å². The highest BCUT2D eigenvalue weighted by Crippen LogP contribution is 2.28. The first-order valence-electron chi connectivity index (χ1n) is 15.1. The van der Waals surface area contributed by atoms with Gasteiger partial charge in [0, 0.05) is 0 Å². The number of aliphatic carboxylic acids is 1. The third-order valence-electron chi connectivity index (χ3n) is 6.50. The number of ether oxygens (including phenoxy) is 8. The second kappa shape index (κ2) is 27.1. The van der Waals surface area contributed by atoms with E-state index in [9.17, 15) is 4.79 Å². The van der Waals surface area contributed by atoms with Crippen molar-refractivity contribution in [3.8, 4) is 5.75 Å². The van der Waals surface area contributed by atoms with Gasteiger partial charge in [0.25, 0.3) is 0 Å². The second-order valence-electron chi connectivity index (χ2n) is 9.73. The molecule has 0 amide bonds. The lowest BCUT2D eigenvalue weighted by Gasteiger charge is -2.18. The molecule has 0 spiro atoms. The molecule has 0 saturated carbocycles. The van der Waals surface area contributed by atoms with Gasteiger partial charge < -0.3 is 43.0 Å². The van der Waals surface area contributed by atoms with Crippen LogP contribution in [0.5, 0.6) is 5.75 Å². The molecule has 0 heterocycles. The van der Waals surface area contributed by atoms with E-state index in [2.05, 4.69) is 45.0 Å². The number of carboxylic acids is 1. The Balaban J connectivity index is 1.83. The Labute approximate surface area is 246 Å². The fraction of sp³-hybridized carbons (Fsp3) is 0.774. The Morgan fingerprint density at radius 2 is 1.02 bits per heavy atom. The SMILES string of the molecule is CCC(C)CCC(CC)c1ccc(OCCOCCOCCOCCOCCOCCOCCOCC(=O)O)cc1. The second-order valence-corrected chi connectivity index (χ2v) is 9.73. The smallest absolute Gasteiger partial charge is 0.329 e. The van der Waals surface area contributed by atoms with Crippen LogP contribution in [-0.2, 0) is 38.0 Å². The van der Waals surface area contributed by atoms with Crippen molar-refractivity contribution in [1.29, 1.82) is 0 Å². The van der Waals surface area contributed by atoms with Crippen molar-refractivity contribution in [2.24, 2.45) is 5.92 Å². The van der Waals surface area contributed by atoms with Gasteiger partial charge in [0.05, 0.1) is 85.9 Å². The Bertz CT molecular complexity index is 715. The lowest BCUT2D eigenvalue weighted by Crippen LogP contribution is -2.15. The van der Waals surface area contributed by atoms with E-state index in [1.54, 1.807) is 0 Å². The van der Waals surface area contributed by atoms with Crippen LogP contribution in [0.4, 0.5) is 0 Å². The molecule has 0 aliphatic rings. The topological polar surface area (TPSA) is 111 Å². The summed E-state index contributed by atoms with van der Waals surface area (Å²) in [6.45, 7) is 13.0. The number of benzene rings is 1. The largest absolute Gasteiger partial charge is 0.491 e. The van der Waals surface area contributed by atoms with Crippen LogP contribution in [0.25, 0.3) is 0 Å². The van der Waals surface area contributed by atoms with Crippen LogP contribution in [0.2, 0.25) is 0 Å². The van der Waals surface area contributed by atoms with Gasteiger partial charge in [-0.25, -0.2) is 4.79 Å². The molecule has 0 saturated heterocycles. The molecule has 0 bridgehead atoms. The lowest BCUT2D eigenvalue weighted by molar-refractivity contribution is -0.142. The van der Waals surface area contributed by atoms with Gasteiger partial charge in [0.1, 0.15) is 19.0 Å². The van der Waals surface area contributed by atoms with E-state index in [0.717, 1.165) is 11.7 Å². The Hall–Kier alpha value is -1.79. The van der Waals surface area contributed by atoms with Crippen molar-refractivity contribution in [2.75, 3.05) is 99.1 Å². The summed E-state index contributed by atoms with van der Waals surface area (Å²) in [5.74, 6) is 1.30. The van der Waals surface area contributed by atoms with Crippen molar-refractivity contribution in [1.82, 2.24) is 0 Å². The van der Waals surface area contributed by atoms with E-state index in [1.165, 1.54) is 31.2 Å². The molecule has 0 radical (unpaired) electrons. The van der Waals surface area contributed by atoms with E-state index in [4.69, 9.17) is 43.0 Å². The minimum Gasteiger partial charge on any atom is -0.491 e. The molecule has 1 rings (SSSR count). The molecular formula is C31H54O10. The fourth-order valence-electron chi connectivity index (χ4n) is 3.83. The first-order valence-corrected chi connectivity index (χ1v) is 15.1. The third kappa shape index (κ3) is 22.5. The maximum atomic E-state index is 10.3. The molecule has 1 aromatic rings. The van der Waals surface area contributed by atoms with E-state index in [1.807, 2.05) is 0 Å². The summed E-state index contributed by atoms with van der Waals surface area (Å²) in [6, 6.07) is 8.53. The van der Waals surface area contributed by atoms with Crippen LogP contribution >= 0.6 is 0 Å². The summed E-state index contributed by atoms with van der Waals surface area (Å²) in [4.78, 5) is 10.3. The van der Waals surface area contributed by atoms with Gasteiger partial charge in [-0.05, 0) is 42.4 Å². The zero-order valence-electron chi connectivity index (χ0n) is 25.5. The van der Waals surface area contributed by atoms with Crippen LogP contribution < -0.4 is 4.74 Å². The normalized spacial score (nSPS) is 12.9. The number of hydrogen-bond donors (Lipinski definition) is 1. The van der Waals surface area contributed by atoms with E-state index in [0.29, 0.717) is 91.8 Å². The molecule has 2 atom stereocenters. The molecule has 10 nitrogen and oxygen atoms in total. The molecule has 0 aliphatic carbocycles. The van der Waals surface area contributed by atoms with E-state index >= 15 is 0 Å². The minimum absolute atomic E-state index is 0.248. The summed E-state index contributed by atoms with van der Waals surface area (Å²) in [7, 11) is 0. The molecule has 41 heavy (non-hydrogen) atoms. The van der Waals surface area contributed by atoms with Crippen molar-refractivity contribution in [2.45, 2.75) is 52.4 Å². The number of hydrogen-bond acceptors (Lipinski definition) is 9. The average Bonchev–Trinajstić information content (AvgIpc) is 2.98. The zero-order chi connectivity index (χ0) is 29.8. The summed E-state index contributed by atoms with van der Waals surface area (Å²) in [5, 5.41) is 8.43. The summed E-state index contributed by atoms with van der Waals surface area (Å²) in [5.41, 5.74) is 1.40. The quantitative estimate of drug-likeness (QED) is 0.129. The minimum atomic E-state index is -0.990. The van der Waals surface area contributed by atoms with Crippen molar-refractivity contribution in [3.63, 3.8) is 0 Å². The molecule has 2 unspecified atom stereocenters. The van der Waals surface area contributed by atoms with Crippen LogP contribution in [0, 0.1) is 5.92 Å². The first-order chi connectivity index (χ1) is 20.1. The highest BCUT2D eigenvalue weighted by Gasteiger charge is 2.11. The third-order valence-corrected chi connectivity index (χ3v) is 6.50. The summed E-state index contributed by atoms with van der Waals surface area (Å²) >= 11 is 0. The molecule has 0 aromatic heterocycles. The van der Waals surface area contributed by atoms with Gasteiger partial charge in [-0.3, -0.25) is 0 Å². The highest BCUT2D eigenvalue weighted by atomic mass is 16.6. The average molecular weight is 587 g/mol. The molecular weight excluding hydrogens is 532 g/mol. The van der Waals surface area contributed by atoms with Crippen molar-refractivity contribution in [3.05, 3.63) is 29.8 Å². The Morgan fingerprint density at radius 1 is 0.610 bits per heavy atom. The predicted octanol–water partition coefficient (Wildman–Crippen LogP) is 4.59. The summed E-state index contributed by atoms with van der Waals surface area (Å²) in [6.07, 6.45) is 4.94. The maximum Gasteiger partial charge on any atom is 0.329 e. The predicted molar refractivity (Wildman–Crippen MR) is 157 cm³/mol. The maximum absolute atomic E-state index is 10.3. The molecule has 1 aromatic carbocycles. The zero-order valence-corrected chi connectivity index (χ0v) is 25.5. The molecule has 0 aliphatic heterocycles. The van der Waals surface area contributed by atoms with Crippen LogP contribution in [-0.4, -0.2) is 110 Å². The Kier molecular flexibility index (Phi) is 24.6. The van der Waals surface area contributed by atoms with Gasteiger partial charge in [-0.1, -0.05) is 45.7 Å². The summed E-state index contributed by atoms with van der Waals surface area (Å²) < 4.78 is 43.3. The standard InChI is InChI=1S/C31H54O10/c1-4-27(3)6-7-28(5-2)29-8-10-30(11-9-29)41-25-24-39-21-20-37-17-16-35-13-12-34-14-15-36-18-19-38-22-23-40-26-31(32)33/h8-11,27-28H,4-7,12-26H2,1-3H3,(H,32,33). The van der Waals surface area contributed by atoms with Crippen molar-refractivity contribution >= 4 is 5.97 Å². The molecule has 1 N–H and O–H groups in total. The fourth-order valence-corrected chi connectivity index (χ4v) is 3.83.